The maximum Gasteiger partial charge on any atom is 0.254 e. The van der Waals surface area contributed by atoms with Crippen LogP contribution in [0.2, 0.25) is 0 Å². The van der Waals surface area contributed by atoms with E-state index in [1.165, 1.54) is 0 Å². The van der Waals surface area contributed by atoms with Crippen LogP contribution in [0.15, 0.2) is 65.7 Å². The van der Waals surface area contributed by atoms with Crippen molar-refractivity contribution in [3.8, 4) is 11.5 Å². The molecule has 1 amide bonds. The van der Waals surface area contributed by atoms with E-state index in [1.807, 2.05) is 43.3 Å². The monoisotopic (exact) mass is 447 g/mol. The number of halogens is 2. The van der Waals surface area contributed by atoms with E-state index in [-0.39, 0.29) is 11.5 Å². The zero-order valence-corrected chi connectivity index (χ0v) is 18.2. The third-order valence-electron chi connectivity index (χ3n) is 5.88. The Morgan fingerprint density at radius 2 is 1.70 bits per heavy atom. The number of para-hydroxylation sites is 2. The number of amidine groups is 1. The van der Waals surface area contributed by atoms with Gasteiger partial charge in [0.25, 0.3) is 5.91 Å². The highest BCUT2D eigenvalue weighted by molar-refractivity contribution is 6.04. The molecule has 2 heterocycles. The minimum atomic E-state index is -0.756. The number of benzene rings is 3. The van der Waals surface area contributed by atoms with Crippen LogP contribution in [0.1, 0.15) is 27.9 Å². The summed E-state index contributed by atoms with van der Waals surface area (Å²) in [6.45, 7) is 4.17. The van der Waals surface area contributed by atoms with Gasteiger partial charge in [-0.25, -0.2) is 13.8 Å². The standard InChI is InChI=1S/C26H23F2N3O2/c1-17-7-8-23-21(13-17)25(29-22-5-2-3-6-24(22)33-23)30-9-4-10-31(12-11-30)26(32)18-14-19(27)16-20(28)15-18/h2-3,5-8,13-16H,4,9-12H2,1H3. The lowest BCUT2D eigenvalue weighted by atomic mass is 10.1. The molecule has 2 aliphatic rings. The third-order valence-corrected chi connectivity index (χ3v) is 5.88. The minimum Gasteiger partial charge on any atom is -0.454 e. The van der Waals surface area contributed by atoms with Crippen LogP contribution in [0.4, 0.5) is 14.5 Å². The Labute approximate surface area is 190 Å². The zero-order chi connectivity index (χ0) is 22.9. The molecule has 168 valence electrons. The molecule has 1 fully saturated rings. The fourth-order valence-corrected chi connectivity index (χ4v) is 4.27. The number of hydrogen-bond acceptors (Lipinski definition) is 4. The highest BCUT2D eigenvalue weighted by Gasteiger charge is 2.27. The zero-order valence-electron chi connectivity index (χ0n) is 18.2. The van der Waals surface area contributed by atoms with Crippen molar-refractivity contribution in [1.82, 2.24) is 9.80 Å². The van der Waals surface area contributed by atoms with Gasteiger partial charge >= 0.3 is 0 Å². The van der Waals surface area contributed by atoms with Gasteiger partial charge in [0.05, 0.1) is 5.56 Å². The van der Waals surface area contributed by atoms with Crippen molar-refractivity contribution >= 4 is 17.4 Å². The summed E-state index contributed by atoms with van der Waals surface area (Å²) < 4.78 is 33.4. The molecule has 0 saturated carbocycles. The van der Waals surface area contributed by atoms with E-state index in [0.717, 1.165) is 46.6 Å². The van der Waals surface area contributed by atoms with Crippen molar-refractivity contribution in [3.05, 3.63) is 89.0 Å². The average molecular weight is 447 g/mol. The Kier molecular flexibility index (Phi) is 5.54. The molecule has 0 spiro atoms. The number of carbonyl (C=O) groups excluding carboxylic acids is 1. The minimum absolute atomic E-state index is 0.0241. The molecule has 0 unspecified atom stereocenters. The predicted molar refractivity (Wildman–Crippen MR) is 122 cm³/mol. The van der Waals surface area contributed by atoms with Crippen molar-refractivity contribution in [1.29, 1.82) is 0 Å². The van der Waals surface area contributed by atoms with Crippen molar-refractivity contribution in [2.24, 2.45) is 4.99 Å². The van der Waals surface area contributed by atoms with Crippen LogP contribution < -0.4 is 4.74 Å². The Morgan fingerprint density at radius 3 is 2.52 bits per heavy atom. The van der Waals surface area contributed by atoms with Crippen molar-refractivity contribution in [2.75, 3.05) is 26.2 Å². The summed E-state index contributed by atoms with van der Waals surface area (Å²) in [6.07, 6.45) is 0.701. The summed E-state index contributed by atoms with van der Waals surface area (Å²) in [5, 5.41) is 0. The fraction of sp³-hybridized carbons (Fsp3) is 0.231. The first kappa shape index (κ1) is 21.1. The molecule has 3 aromatic carbocycles. The van der Waals surface area contributed by atoms with Crippen LogP contribution in [0, 0.1) is 18.6 Å². The Balaban J connectivity index is 1.44. The maximum absolute atomic E-state index is 13.6. The van der Waals surface area contributed by atoms with Crippen LogP contribution in [-0.2, 0) is 0 Å². The van der Waals surface area contributed by atoms with Crippen molar-refractivity contribution in [2.45, 2.75) is 13.3 Å². The Bertz CT molecular complexity index is 1240. The maximum atomic E-state index is 13.6. The van der Waals surface area contributed by atoms with Crippen LogP contribution >= 0.6 is 0 Å². The van der Waals surface area contributed by atoms with Gasteiger partial charge < -0.3 is 14.5 Å². The van der Waals surface area contributed by atoms with E-state index in [9.17, 15) is 13.6 Å². The quantitative estimate of drug-likeness (QED) is 0.508. The molecule has 0 aromatic heterocycles. The molecule has 3 aromatic rings. The lowest BCUT2D eigenvalue weighted by Gasteiger charge is -2.25. The molecule has 7 heteroatoms. The van der Waals surface area contributed by atoms with E-state index in [1.54, 1.807) is 4.90 Å². The van der Waals surface area contributed by atoms with E-state index >= 15 is 0 Å². The summed E-state index contributed by atoms with van der Waals surface area (Å²) in [4.78, 5) is 21.7. The van der Waals surface area contributed by atoms with Crippen LogP contribution in [0.3, 0.4) is 0 Å². The van der Waals surface area contributed by atoms with Crippen molar-refractivity contribution in [3.63, 3.8) is 0 Å². The number of aryl methyl sites for hydroxylation is 1. The average Bonchev–Trinajstić information content (AvgIpc) is 3.13. The van der Waals surface area contributed by atoms with Crippen LogP contribution in [-0.4, -0.2) is 47.7 Å². The van der Waals surface area contributed by atoms with Gasteiger partial charge in [0, 0.05) is 37.8 Å². The highest BCUT2D eigenvalue weighted by atomic mass is 19.1. The summed E-state index contributed by atoms with van der Waals surface area (Å²) in [6, 6.07) is 16.6. The Morgan fingerprint density at radius 1 is 0.909 bits per heavy atom. The SMILES string of the molecule is Cc1ccc2c(c1)C(N1CCCN(C(=O)c3cc(F)cc(F)c3)CC1)=Nc1ccccc1O2. The molecule has 33 heavy (non-hydrogen) atoms. The molecule has 0 radical (unpaired) electrons. The van der Waals surface area contributed by atoms with E-state index in [4.69, 9.17) is 9.73 Å². The summed E-state index contributed by atoms with van der Waals surface area (Å²) in [7, 11) is 0. The predicted octanol–water partition coefficient (Wildman–Crippen LogP) is 5.31. The van der Waals surface area contributed by atoms with Gasteiger partial charge in [-0.2, -0.15) is 0 Å². The second kappa shape index (κ2) is 8.65. The first-order valence-corrected chi connectivity index (χ1v) is 10.9. The number of hydrogen-bond donors (Lipinski definition) is 0. The van der Waals surface area contributed by atoms with Crippen LogP contribution in [0.25, 0.3) is 0 Å². The number of amides is 1. The molecule has 0 aliphatic carbocycles. The first-order valence-electron chi connectivity index (χ1n) is 10.9. The number of carbonyl (C=O) groups is 1. The van der Waals surface area contributed by atoms with Gasteiger partial charge in [0.2, 0.25) is 0 Å². The largest absolute Gasteiger partial charge is 0.454 e. The number of fused-ring (bicyclic) bond motifs is 2. The molecular weight excluding hydrogens is 424 g/mol. The molecular formula is C26H23F2N3O2. The second-order valence-electron chi connectivity index (χ2n) is 8.30. The van der Waals surface area contributed by atoms with Gasteiger partial charge in [-0.15, -0.1) is 0 Å². The summed E-state index contributed by atoms with van der Waals surface area (Å²) in [5.41, 5.74) is 2.76. The number of aliphatic imine (C=N–C) groups is 1. The third kappa shape index (κ3) is 4.31. The normalized spacial score (nSPS) is 15.5. The molecule has 0 atom stereocenters. The van der Waals surface area contributed by atoms with Gasteiger partial charge in [-0.1, -0.05) is 23.8 Å². The van der Waals surface area contributed by atoms with E-state index in [2.05, 4.69) is 11.0 Å². The lowest BCUT2D eigenvalue weighted by molar-refractivity contribution is 0.0763. The van der Waals surface area contributed by atoms with E-state index < -0.39 is 11.6 Å². The summed E-state index contributed by atoms with van der Waals surface area (Å²) in [5.74, 6) is 0.336. The van der Waals surface area contributed by atoms with Crippen LogP contribution in [0.5, 0.6) is 11.5 Å². The first-order chi connectivity index (χ1) is 16.0. The molecule has 1 saturated heterocycles. The van der Waals surface area contributed by atoms with Gasteiger partial charge in [0.15, 0.2) is 5.75 Å². The smallest absolute Gasteiger partial charge is 0.254 e. The lowest BCUT2D eigenvalue weighted by Crippen LogP contribution is -2.37. The highest BCUT2D eigenvalue weighted by Crippen LogP contribution is 2.38. The number of rotatable bonds is 1. The topological polar surface area (TPSA) is 45.1 Å². The number of ether oxygens (including phenoxy) is 1. The molecule has 0 bridgehead atoms. The summed E-state index contributed by atoms with van der Waals surface area (Å²) >= 11 is 0. The fourth-order valence-electron chi connectivity index (χ4n) is 4.27. The number of nitrogens with zero attached hydrogens (tertiary/aromatic N) is 3. The van der Waals surface area contributed by atoms with E-state index in [0.29, 0.717) is 38.3 Å². The van der Waals surface area contributed by atoms with Gasteiger partial charge in [-0.05, 0) is 49.7 Å². The van der Waals surface area contributed by atoms with Gasteiger partial charge in [0.1, 0.15) is 28.9 Å². The molecule has 5 rings (SSSR count). The second-order valence-corrected chi connectivity index (χ2v) is 8.30. The Hall–Kier alpha value is -3.74. The van der Waals surface area contributed by atoms with Crippen molar-refractivity contribution < 1.29 is 18.3 Å². The molecule has 0 N–H and O–H groups in total. The van der Waals surface area contributed by atoms with Gasteiger partial charge in [-0.3, -0.25) is 4.79 Å². The molecule has 5 nitrogen and oxygen atoms in total. The molecule has 2 aliphatic heterocycles.